The van der Waals surface area contributed by atoms with Crippen LogP contribution in [0.3, 0.4) is 0 Å². The molecule has 0 bridgehead atoms. The summed E-state index contributed by atoms with van der Waals surface area (Å²) in [6, 6.07) is 0. The number of aliphatic hydroxyl groups excluding tert-OH is 1. The van der Waals surface area contributed by atoms with E-state index in [2.05, 4.69) is 19.0 Å². The van der Waals surface area contributed by atoms with E-state index in [1.165, 1.54) is 14.0 Å². The molecule has 0 rings (SSSR count). The fourth-order valence-corrected chi connectivity index (χ4v) is 0.906. The number of aliphatic hydroxyl groups is 2. The van der Waals surface area contributed by atoms with E-state index in [9.17, 15) is 23.4 Å². The first kappa shape index (κ1) is 20.4. The van der Waals surface area contributed by atoms with Crippen molar-refractivity contribution < 1.29 is 52.1 Å². The molecule has 0 radical (unpaired) electrons. The van der Waals surface area contributed by atoms with Crippen LogP contribution in [0.1, 0.15) is 6.92 Å². The average molecular weight is 325 g/mol. The van der Waals surface area contributed by atoms with Gasteiger partial charge in [0.05, 0.1) is 25.2 Å². The predicted octanol–water partition coefficient (Wildman–Crippen LogP) is -0.103. The summed E-state index contributed by atoms with van der Waals surface area (Å²) in [6.45, 7) is 1.51. The first-order chi connectivity index (χ1) is 9.68. The largest absolute Gasteiger partial charge is 0.526 e. The Balaban J connectivity index is 4.64. The van der Waals surface area contributed by atoms with Crippen molar-refractivity contribution in [2.24, 2.45) is 0 Å². The van der Waals surface area contributed by atoms with Crippen LogP contribution in [0.2, 0.25) is 0 Å². The maximum absolute atomic E-state index is 12.1. The lowest BCUT2D eigenvalue weighted by molar-refractivity contribution is -0.597. The van der Waals surface area contributed by atoms with Gasteiger partial charge in [0.1, 0.15) is 0 Å². The van der Waals surface area contributed by atoms with Gasteiger partial charge in [-0.05, 0) is 6.92 Å². The second kappa shape index (κ2) is 9.45. The lowest BCUT2D eigenvalue weighted by Gasteiger charge is -2.32. The molecule has 9 nitrogen and oxygen atoms in total. The zero-order valence-corrected chi connectivity index (χ0v) is 11.6. The fourth-order valence-electron chi connectivity index (χ4n) is 0.906. The highest BCUT2D eigenvalue weighted by Crippen LogP contribution is 2.27. The normalized spacial score (nSPS) is 17.0. The summed E-state index contributed by atoms with van der Waals surface area (Å²) in [5.41, 5.74) is 0. The summed E-state index contributed by atoms with van der Waals surface area (Å²) in [4.78, 5) is 13.9. The van der Waals surface area contributed by atoms with E-state index >= 15 is 0 Å². The first-order valence-electron chi connectivity index (χ1n) is 5.62. The molecule has 21 heavy (non-hydrogen) atoms. The van der Waals surface area contributed by atoms with Crippen LogP contribution in [-0.4, -0.2) is 68.3 Å². The third kappa shape index (κ3) is 8.45. The van der Waals surface area contributed by atoms with E-state index in [0.717, 1.165) is 0 Å². The van der Waals surface area contributed by atoms with Crippen molar-refractivity contribution in [3.8, 4) is 0 Å². The molecule has 0 aromatic heterocycles. The zero-order chi connectivity index (χ0) is 16.5. The van der Waals surface area contributed by atoms with Gasteiger partial charge in [-0.1, -0.05) is 0 Å². The van der Waals surface area contributed by atoms with Crippen LogP contribution in [0.25, 0.3) is 0 Å². The Bertz CT molecular complexity index is 282. The minimum atomic E-state index is -5.29. The SMILES string of the molecule is CCON(OCCOC)OC(O)C(O)(OC)OC(F)(F)F. The van der Waals surface area contributed by atoms with Crippen LogP contribution in [0, 0.1) is 0 Å². The monoisotopic (exact) mass is 325 g/mol. The molecule has 12 heteroatoms. The van der Waals surface area contributed by atoms with Crippen molar-refractivity contribution in [1.82, 2.24) is 5.39 Å². The Morgan fingerprint density at radius 3 is 2.19 bits per heavy atom. The molecule has 2 atom stereocenters. The van der Waals surface area contributed by atoms with E-state index in [4.69, 9.17) is 9.68 Å². The minimum absolute atomic E-state index is 0.00869. The quantitative estimate of drug-likeness (QED) is 0.306. The summed E-state index contributed by atoms with van der Waals surface area (Å²) in [5, 5.41) is 19.0. The molecule has 128 valence electrons. The van der Waals surface area contributed by atoms with Crippen LogP contribution >= 0.6 is 0 Å². The van der Waals surface area contributed by atoms with Crippen molar-refractivity contribution in [1.29, 1.82) is 0 Å². The molecule has 0 heterocycles. The van der Waals surface area contributed by atoms with Gasteiger partial charge >= 0.3 is 12.3 Å². The number of ether oxygens (including phenoxy) is 3. The number of nitrogens with zero attached hydrogens (tertiary/aromatic N) is 1. The molecule has 2 N–H and O–H groups in total. The van der Waals surface area contributed by atoms with Crippen molar-refractivity contribution in [2.75, 3.05) is 34.0 Å². The summed E-state index contributed by atoms with van der Waals surface area (Å²) in [5.74, 6) is -3.52. The Kier molecular flexibility index (Phi) is 9.19. The fraction of sp³-hybridized carbons (Fsp3) is 1.00. The lowest BCUT2D eigenvalue weighted by Crippen LogP contribution is -2.53. The molecule has 2 unspecified atom stereocenters. The molecule has 0 aliphatic rings. The van der Waals surface area contributed by atoms with Gasteiger partial charge in [0.2, 0.25) is 0 Å². The van der Waals surface area contributed by atoms with Crippen molar-refractivity contribution >= 4 is 0 Å². The Morgan fingerprint density at radius 2 is 1.76 bits per heavy atom. The number of hydrogen-bond donors (Lipinski definition) is 2. The lowest BCUT2D eigenvalue weighted by atomic mass is 10.5. The standard InChI is InChI=1S/C9H18F3NO8/c1-4-18-13(19-6-5-16-2)20-7(14)8(15,17-3)21-9(10,11)12/h7,14-15H,4-6H2,1-3H3. The molecule has 0 spiro atoms. The van der Waals surface area contributed by atoms with E-state index < -0.39 is 18.6 Å². The third-order valence-electron chi connectivity index (χ3n) is 1.77. The number of hydrogen-bond acceptors (Lipinski definition) is 9. The molecule has 0 saturated heterocycles. The summed E-state index contributed by atoms with van der Waals surface area (Å²) in [7, 11) is 2.04. The molecular weight excluding hydrogens is 307 g/mol. The zero-order valence-electron chi connectivity index (χ0n) is 11.6. The van der Waals surface area contributed by atoms with Crippen LogP contribution < -0.4 is 0 Å². The first-order valence-corrected chi connectivity index (χ1v) is 5.62. The number of rotatable bonds is 11. The molecule has 0 amide bonds. The van der Waals surface area contributed by atoms with Crippen LogP contribution in [-0.2, 0) is 28.7 Å². The van der Waals surface area contributed by atoms with Gasteiger partial charge in [0.15, 0.2) is 0 Å². The van der Waals surface area contributed by atoms with Gasteiger partial charge in [-0.25, -0.2) is 14.4 Å². The van der Waals surface area contributed by atoms with Gasteiger partial charge in [0.25, 0.3) is 6.29 Å². The number of alkyl halides is 3. The molecule has 0 aliphatic carbocycles. The van der Waals surface area contributed by atoms with E-state index in [0.29, 0.717) is 7.11 Å². The second-order valence-electron chi connectivity index (χ2n) is 3.31. The molecule has 0 fully saturated rings. The van der Waals surface area contributed by atoms with E-state index in [1.807, 2.05) is 0 Å². The summed E-state index contributed by atoms with van der Waals surface area (Å²) in [6.07, 6.45) is -7.92. The van der Waals surface area contributed by atoms with Crippen molar-refractivity contribution in [3.05, 3.63) is 0 Å². The Morgan fingerprint density at radius 1 is 1.14 bits per heavy atom. The number of halogens is 3. The van der Waals surface area contributed by atoms with E-state index in [-0.39, 0.29) is 25.2 Å². The van der Waals surface area contributed by atoms with Gasteiger partial charge in [-0.15, -0.1) is 13.2 Å². The van der Waals surface area contributed by atoms with E-state index in [1.54, 1.807) is 0 Å². The summed E-state index contributed by atoms with van der Waals surface area (Å²) < 4.78 is 48.3. The topological polar surface area (TPSA) is 99.1 Å². The van der Waals surface area contributed by atoms with Crippen molar-refractivity contribution in [3.63, 3.8) is 0 Å². The highest BCUT2D eigenvalue weighted by atomic mass is 19.4. The Hall–Kier alpha value is -0.570. The van der Waals surface area contributed by atoms with Gasteiger partial charge in [-0.3, -0.25) is 4.84 Å². The van der Waals surface area contributed by atoms with Gasteiger partial charge < -0.3 is 19.7 Å². The van der Waals surface area contributed by atoms with Crippen LogP contribution in [0.15, 0.2) is 0 Å². The van der Waals surface area contributed by atoms with Crippen LogP contribution in [0.5, 0.6) is 0 Å². The molecule has 0 aromatic carbocycles. The average Bonchev–Trinajstić information content (AvgIpc) is 2.37. The molecule has 0 aromatic rings. The second-order valence-corrected chi connectivity index (χ2v) is 3.31. The molecular formula is C9H18F3NO8. The molecule has 0 saturated carbocycles. The minimum Gasteiger partial charge on any atom is -0.382 e. The number of methoxy groups -OCH3 is 2. The van der Waals surface area contributed by atoms with Gasteiger partial charge in [0, 0.05) is 14.2 Å². The predicted molar refractivity (Wildman–Crippen MR) is 57.5 cm³/mol. The Labute approximate surface area is 118 Å². The third-order valence-corrected chi connectivity index (χ3v) is 1.77. The highest BCUT2D eigenvalue weighted by molar-refractivity contribution is 4.57. The highest BCUT2D eigenvalue weighted by Gasteiger charge is 2.50. The maximum atomic E-state index is 12.1. The summed E-state index contributed by atoms with van der Waals surface area (Å²) >= 11 is 0. The maximum Gasteiger partial charge on any atom is 0.526 e. The molecule has 0 aliphatic heterocycles. The van der Waals surface area contributed by atoms with Crippen molar-refractivity contribution in [2.45, 2.75) is 25.5 Å². The smallest absolute Gasteiger partial charge is 0.382 e. The van der Waals surface area contributed by atoms with Crippen LogP contribution in [0.4, 0.5) is 13.2 Å². The van der Waals surface area contributed by atoms with Gasteiger partial charge in [-0.2, -0.15) is 0 Å².